The number of piperidine rings is 1. The van der Waals surface area contributed by atoms with Crippen LogP contribution in [-0.2, 0) is 52.2 Å². The highest BCUT2D eigenvalue weighted by Gasteiger charge is 2.43. The summed E-state index contributed by atoms with van der Waals surface area (Å²) in [7, 11) is 3.84. The number of aliphatic hydroxyl groups excluding tert-OH is 1. The Morgan fingerprint density at radius 2 is 1.63 bits per heavy atom. The summed E-state index contributed by atoms with van der Waals surface area (Å²) in [4.78, 5) is 66.0. The Bertz CT molecular complexity index is 2410. The summed E-state index contributed by atoms with van der Waals surface area (Å²) in [6.45, 7) is 2.26. The van der Waals surface area contributed by atoms with Gasteiger partial charge in [-0.3, -0.25) is 19.2 Å². The number of aromatic nitrogens is 2. The monoisotopic (exact) mass is 892 g/mol. The van der Waals surface area contributed by atoms with Crippen molar-refractivity contribution in [1.82, 2.24) is 30.0 Å². The Morgan fingerprint density at radius 3 is 2.35 bits per heavy atom. The third kappa shape index (κ3) is 11.0. The lowest BCUT2D eigenvalue weighted by molar-refractivity contribution is -0.147. The molecule has 2 fully saturated rings. The first kappa shape index (κ1) is 45.5. The minimum atomic E-state index is -1.09. The van der Waals surface area contributed by atoms with Gasteiger partial charge in [-0.2, -0.15) is 0 Å². The van der Waals surface area contributed by atoms with Gasteiger partial charge in [0.2, 0.25) is 17.7 Å². The molecule has 14 heteroatoms. The summed E-state index contributed by atoms with van der Waals surface area (Å²) < 4.78 is 8.46. The highest BCUT2D eigenvalue weighted by Crippen LogP contribution is 2.34. The van der Waals surface area contributed by atoms with Crippen molar-refractivity contribution >= 4 is 46.7 Å². The van der Waals surface area contributed by atoms with E-state index in [9.17, 15) is 24.3 Å². The normalized spacial score (nSPS) is 21.3. The van der Waals surface area contributed by atoms with Crippen LogP contribution in [0.25, 0.3) is 11.3 Å². The van der Waals surface area contributed by atoms with E-state index < -0.39 is 47.6 Å². The van der Waals surface area contributed by atoms with E-state index in [0.29, 0.717) is 65.9 Å². The van der Waals surface area contributed by atoms with E-state index in [2.05, 4.69) is 15.6 Å². The maximum Gasteiger partial charge on any atom is 0.226 e. The van der Waals surface area contributed by atoms with Crippen LogP contribution < -0.4 is 15.4 Å². The number of hydrogen-bond donors (Lipinski definition) is 3. The molecule has 0 unspecified atom stereocenters. The van der Waals surface area contributed by atoms with Crippen LogP contribution in [0.4, 0.5) is 0 Å². The molecule has 5 aromatic rings. The standard InChI is InChI=1S/C49H54Cl2N6O6/c1-32-43(59)23-38(30-58)47(61)54-49(26-34-10-15-39(50)16-11-34)20-7-21-56(31-49)48(62)37(22-33-8-5-4-6-9-33)24-46(60)57(32)29-36-12-17-40(51)25-44(36)63-41-18-13-35(14-19-41)42-27-53-45(28-52-2)55(42)3/h4-6,8-19,25,27,32,37-38,52,58H,7,20-24,26,28-31H2,1-3H3,(H,54,61)/t32-,37+,38-,49+/m0/s1. The van der Waals surface area contributed by atoms with E-state index in [-0.39, 0.29) is 31.8 Å². The number of ketones is 1. The highest BCUT2D eigenvalue weighted by atomic mass is 35.5. The minimum absolute atomic E-state index is 0.0598. The van der Waals surface area contributed by atoms with Gasteiger partial charge in [-0.1, -0.05) is 71.7 Å². The SMILES string of the molecule is CNCc1ncc(-c2ccc(Oc3cc(Cl)ccc3CN3C(=O)C[C@@H](Cc4ccccc4)C(=O)N4CCC[C@@](Cc5ccc(Cl)cc5)(C4)NC(=O)[C@H](CO)CC(=O)[C@@H]3C)cc2)n1C. The van der Waals surface area contributed by atoms with E-state index in [1.807, 2.05) is 91.6 Å². The first-order valence-electron chi connectivity index (χ1n) is 21.4. The Labute approximate surface area is 378 Å². The summed E-state index contributed by atoms with van der Waals surface area (Å²) in [5, 5.41) is 17.9. The fourth-order valence-electron chi connectivity index (χ4n) is 8.76. The highest BCUT2D eigenvalue weighted by molar-refractivity contribution is 6.31. The zero-order chi connectivity index (χ0) is 44.7. The minimum Gasteiger partial charge on any atom is -0.457 e. The number of benzene rings is 4. The number of rotatable bonds is 12. The molecule has 12 nitrogen and oxygen atoms in total. The Morgan fingerprint density at radius 1 is 0.905 bits per heavy atom. The molecule has 2 aliphatic rings. The zero-order valence-corrected chi connectivity index (χ0v) is 37.4. The molecule has 0 spiro atoms. The van der Waals surface area contributed by atoms with Gasteiger partial charge in [-0.25, -0.2) is 4.98 Å². The molecule has 0 saturated carbocycles. The second kappa shape index (κ2) is 20.3. The molecule has 7 rings (SSSR count). The van der Waals surface area contributed by atoms with Crippen LogP contribution in [0, 0.1) is 11.8 Å². The summed E-state index contributed by atoms with van der Waals surface area (Å²) in [5.74, 6) is -1.56. The first-order valence-corrected chi connectivity index (χ1v) is 22.1. The summed E-state index contributed by atoms with van der Waals surface area (Å²) in [5.41, 5.74) is 3.38. The van der Waals surface area contributed by atoms with Gasteiger partial charge in [0.1, 0.15) is 17.3 Å². The van der Waals surface area contributed by atoms with Gasteiger partial charge in [0.25, 0.3) is 0 Å². The second-order valence-corrected chi connectivity index (χ2v) is 17.7. The van der Waals surface area contributed by atoms with Crippen LogP contribution in [0.5, 0.6) is 11.5 Å². The molecule has 0 aliphatic carbocycles. The van der Waals surface area contributed by atoms with Crippen molar-refractivity contribution in [3.63, 3.8) is 0 Å². The average molecular weight is 894 g/mol. The number of carbonyl (C=O) groups is 4. The van der Waals surface area contributed by atoms with Crippen LogP contribution in [0.2, 0.25) is 10.0 Å². The quantitative estimate of drug-likeness (QED) is 0.120. The topological polar surface area (TPSA) is 146 Å². The lowest BCUT2D eigenvalue weighted by Crippen LogP contribution is -2.63. The van der Waals surface area contributed by atoms with Crippen LogP contribution in [-0.4, -0.2) is 86.3 Å². The zero-order valence-electron chi connectivity index (χ0n) is 35.9. The molecule has 4 aromatic carbocycles. The van der Waals surface area contributed by atoms with E-state index >= 15 is 0 Å². The maximum absolute atomic E-state index is 14.9. The molecule has 2 aliphatic heterocycles. The molecular formula is C49H54Cl2N6O6. The van der Waals surface area contributed by atoms with Gasteiger partial charge in [0.05, 0.1) is 55.0 Å². The van der Waals surface area contributed by atoms with Gasteiger partial charge >= 0.3 is 0 Å². The van der Waals surface area contributed by atoms with Crippen molar-refractivity contribution in [3.05, 3.63) is 136 Å². The molecule has 330 valence electrons. The average Bonchev–Trinajstić information content (AvgIpc) is 3.64. The predicted octanol–water partition coefficient (Wildman–Crippen LogP) is 7.17. The number of ether oxygens (including phenoxy) is 1. The number of aliphatic hydroxyl groups is 1. The molecule has 1 aromatic heterocycles. The Kier molecular flexibility index (Phi) is 14.7. The molecular weight excluding hydrogens is 839 g/mol. The van der Waals surface area contributed by atoms with E-state index in [1.54, 1.807) is 42.2 Å². The fraction of sp³-hybridized carbons (Fsp3) is 0.367. The number of nitrogens with one attached hydrogen (secondary N) is 2. The van der Waals surface area contributed by atoms with Crippen LogP contribution in [0.1, 0.15) is 55.1 Å². The molecule has 0 radical (unpaired) electrons. The molecule has 2 bridgehead atoms. The summed E-state index contributed by atoms with van der Waals surface area (Å²) >= 11 is 12.7. The van der Waals surface area contributed by atoms with Crippen LogP contribution in [0.3, 0.4) is 0 Å². The van der Waals surface area contributed by atoms with Crippen molar-refractivity contribution in [1.29, 1.82) is 0 Å². The largest absolute Gasteiger partial charge is 0.457 e. The van der Waals surface area contributed by atoms with E-state index in [1.165, 1.54) is 4.90 Å². The van der Waals surface area contributed by atoms with Crippen molar-refractivity contribution < 1.29 is 29.0 Å². The Balaban J connectivity index is 1.21. The number of amides is 3. The Hall–Kier alpha value is -5.53. The number of carbonyl (C=O) groups excluding carboxylic acids is 4. The van der Waals surface area contributed by atoms with Crippen LogP contribution in [0.15, 0.2) is 103 Å². The van der Waals surface area contributed by atoms with Crippen molar-refractivity contribution in [2.24, 2.45) is 18.9 Å². The predicted molar refractivity (Wildman–Crippen MR) is 243 cm³/mol. The molecule has 3 N–H and O–H groups in total. The number of imidazole rings is 1. The van der Waals surface area contributed by atoms with Crippen molar-refractivity contribution in [2.45, 2.75) is 70.1 Å². The lowest BCUT2D eigenvalue weighted by atomic mass is 9.81. The fourth-order valence-corrected chi connectivity index (χ4v) is 9.05. The summed E-state index contributed by atoms with van der Waals surface area (Å²) in [6, 6.07) is 28.6. The lowest BCUT2D eigenvalue weighted by Gasteiger charge is -2.45. The number of halogens is 2. The molecule has 3 amide bonds. The number of fused-ring (bicyclic) bond motifs is 2. The number of nitrogens with zero attached hydrogens (tertiary/aromatic N) is 4. The third-order valence-electron chi connectivity index (χ3n) is 12.3. The van der Waals surface area contributed by atoms with Gasteiger partial charge in [0, 0.05) is 54.2 Å². The number of hydrogen-bond acceptors (Lipinski definition) is 8. The molecule has 2 saturated heterocycles. The molecule has 63 heavy (non-hydrogen) atoms. The smallest absolute Gasteiger partial charge is 0.226 e. The van der Waals surface area contributed by atoms with Crippen molar-refractivity contribution in [3.8, 4) is 22.8 Å². The van der Waals surface area contributed by atoms with Gasteiger partial charge in [-0.15, -0.1) is 0 Å². The van der Waals surface area contributed by atoms with Crippen molar-refractivity contribution in [2.75, 3.05) is 26.7 Å². The van der Waals surface area contributed by atoms with Gasteiger partial charge in [0.15, 0.2) is 5.78 Å². The number of Topliss-reactive ketones (excluding diaryl/α,β-unsaturated/α-hetero) is 1. The van der Waals surface area contributed by atoms with Gasteiger partial charge < -0.3 is 34.8 Å². The molecule has 3 heterocycles. The third-order valence-corrected chi connectivity index (χ3v) is 12.8. The first-order chi connectivity index (χ1) is 30.3. The summed E-state index contributed by atoms with van der Waals surface area (Å²) in [6.07, 6.45) is 3.22. The van der Waals surface area contributed by atoms with Crippen LogP contribution >= 0.6 is 23.2 Å². The maximum atomic E-state index is 14.9. The second-order valence-electron chi connectivity index (χ2n) is 16.8. The molecule has 4 atom stereocenters. The van der Waals surface area contributed by atoms with Gasteiger partial charge in [-0.05, 0) is 99.3 Å². The van der Waals surface area contributed by atoms with E-state index in [4.69, 9.17) is 27.9 Å². The van der Waals surface area contributed by atoms with E-state index in [0.717, 1.165) is 28.2 Å².